The molecule has 1 amide bonds. The predicted octanol–water partition coefficient (Wildman–Crippen LogP) is 2.03. The van der Waals surface area contributed by atoms with Gasteiger partial charge >= 0.3 is 6.01 Å². The molecule has 2 fully saturated rings. The highest BCUT2D eigenvalue weighted by molar-refractivity contribution is 5.91. The van der Waals surface area contributed by atoms with Crippen molar-refractivity contribution < 1.29 is 28.8 Å². The van der Waals surface area contributed by atoms with Gasteiger partial charge in [0.1, 0.15) is 29.0 Å². The lowest BCUT2D eigenvalue weighted by atomic mass is 9.89. The van der Waals surface area contributed by atoms with Gasteiger partial charge in [0.05, 0.1) is 31.8 Å². The second kappa shape index (κ2) is 12.9. The van der Waals surface area contributed by atoms with E-state index in [4.69, 9.17) is 29.8 Å². The van der Waals surface area contributed by atoms with Gasteiger partial charge in [0.15, 0.2) is 0 Å². The quantitative estimate of drug-likeness (QED) is 0.395. The van der Waals surface area contributed by atoms with E-state index in [1.807, 2.05) is 19.2 Å². The molecule has 0 aliphatic carbocycles. The standard InChI is InChI=1S/C22H28N6O4.C4H8O2/c1-13(12-30-2)32-22-26-16(20(23)29)10-18(27-22)28-8-5-14(6-9-28)15-11-25-21-19(15)17(31-3)4-7-24-21;5-4-1-2-6-3-4/h4,7,10-11,13-14H,5-6,8-9,12H2,1-3H3,(H2,23,29)(H,24,25);4-5H,1-3H2. The molecule has 0 bridgehead atoms. The Labute approximate surface area is 221 Å². The summed E-state index contributed by atoms with van der Waals surface area (Å²) in [6.45, 7) is 5.04. The van der Waals surface area contributed by atoms with Crippen LogP contribution in [0.3, 0.4) is 0 Å². The lowest BCUT2D eigenvalue weighted by molar-refractivity contribution is 0.0847. The molecule has 0 spiro atoms. The Hall–Kier alpha value is -3.48. The Bertz CT molecular complexity index is 1210. The number of nitrogens with zero attached hydrogens (tertiary/aromatic N) is 4. The number of aromatic amines is 1. The van der Waals surface area contributed by atoms with Crippen molar-refractivity contribution in [3.05, 3.63) is 35.8 Å². The summed E-state index contributed by atoms with van der Waals surface area (Å²) < 4.78 is 21.2. The Morgan fingerprint density at radius 2 is 2.08 bits per heavy atom. The molecule has 12 heteroatoms. The smallest absolute Gasteiger partial charge is 0.319 e. The number of amides is 1. The van der Waals surface area contributed by atoms with Crippen LogP contribution in [-0.4, -0.2) is 90.3 Å². The van der Waals surface area contributed by atoms with Crippen LogP contribution in [0.5, 0.6) is 11.8 Å². The molecular formula is C26H36N6O6. The fraction of sp³-hybridized carbons (Fsp3) is 0.538. The van der Waals surface area contributed by atoms with Gasteiger partial charge in [-0.25, -0.2) is 4.98 Å². The molecule has 5 heterocycles. The van der Waals surface area contributed by atoms with Crippen LogP contribution in [0, 0.1) is 0 Å². The molecule has 2 unspecified atom stereocenters. The van der Waals surface area contributed by atoms with Gasteiger partial charge in [-0.2, -0.15) is 9.97 Å². The molecule has 0 saturated carbocycles. The number of nitrogens with one attached hydrogen (secondary N) is 1. The van der Waals surface area contributed by atoms with E-state index in [0.717, 1.165) is 55.7 Å². The maximum Gasteiger partial charge on any atom is 0.319 e. The number of H-pyrrole nitrogens is 1. The summed E-state index contributed by atoms with van der Waals surface area (Å²) in [6.07, 6.45) is 5.98. The van der Waals surface area contributed by atoms with Crippen LogP contribution in [-0.2, 0) is 9.47 Å². The number of aliphatic hydroxyl groups is 1. The molecule has 5 rings (SSSR count). The summed E-state index contributed by atoms with van der Waals surface area (Å²) in [5.41, 5.74) is 7.66. The molecule has 3 aromatic rings. The average molecular weight is 529 g/mol. The van der Waals surface area contributed by atoms with Crippen LogP contribution in [0.15, 0.2) is 24.5 Å². The van der Waals surface area contributed by atoms with Crippen molar-refractivity contribution in [3.8, 4) is 11.8 Å². The van der Waals surface area contributed by atoms with Gasteiger partial charge in [-0.3, -0.25) is 4.79 Å². The Morgan fingerprint density at radius 3 is 2.68 bits per heavy atom. The highest BCUT2D eigenvalue weighted by Gasteiger charge is 2.26. The highest BCUT2D eigenvalue weighted by atomic mass is 16.5. The predicted molar refractivity (Wildman–Crippen MR) is 141 cm³/mol. The van der Waals surface area contributed by atoms with Gasteiger partial charge < -0.3 is 39.7 Å². The molecule has 0 radical (unpaired) electrons. The largest absolute Gasteiger partial charge is 0.496 e. The van der Waals surface area contributed by atoms with Gasteiger partial charge in [-0.1, -0.05) is 0 Å². The fourth-order valence-corrected chi connectivity index (χ4v) is 4.69. The number of pyridine rings is 1. The second-order valence-electron chi connectivity index (χ2n) is 9.40. The normalized spacial score (nSPS) is 18.6. The summed E-state index contributed by atoms with van der Waals surface area (Å²) in [6, 6.07) is 3.62. The van der Waals surface area contributed by atoms with Gasteiger partial charge in [0, 0.05) is 45.3 Å². The van der Waals surface area contributed by atoms with Crippen LogP contribution >= 0.6 is 0 Å². The number of carbonyl (C=O) groups excluding carboxylic acids is 1. The summed E-state index contributed by atoms with van der Waals surface area (Å²) in [7, 11) is 3.27. The number of fused-ring (bicyclic) bond motifs is 1. The summed E-state index contributed by atoms with van der Waals surface area (Å²) in [4.78, 5) is 30.3. The minimum atomic E-state index is -0.619. The number of rotatable bonds is 8. The zero-order valence-electron chi connectivity index (χ0n) is 22.1. The molecule has 206 valence electrons. The minimum Gasteiger partial charge on any atom is -0.496 e. The lowest BCUT2D eigenvalue weighted by Gasteiger charge is -2.33. The molecule has 0 aromatic carbocycles. The van der Waals surface area contributed by atoms with Crippen LogP contribution in [0.4, 0.5) is 5.82 Å². The highest BCUT2D eigenvalue weighted by Crippen LogP contribution is 2.37. The number of carbonyl (C=O) groups is 1. The Morgan fingerprint density at radius 1 is 1.29 bits per heavy atom. The molecule has 2 saturated heterocycles. The number of ether oxygens (including phenoxy) is 4. The molecule has 2 atom stereocenters. The van der Waals surface area contributed by atoms with Gasteiger partial charge in [0.2, 0.25) is 0 Å². The maximum absolute atomic E-state index is 11.8. The first-order chi connectivity index (χ1) is 18.4. The first-order valence-electron chi connectivity index (χ1n) is 12.7. The molecule has 3 aromatic heterocycles. The summed E-state index contributed by atoms with van der Waals surface area (Å²) in [5.74, 6) is 1.19. The molecule has 2 aliphatic rings. The monoisotopic (exact) mass is 528 g/mol. The van der Waals surface area contributed by atoms with Crippen molar-refractivity contribution in [2.75, 3.05) is 52.0 Å². The molecule has 2 aliphatic heterocycles. The van der Waals surface area contributed by atoms with E-state index in [1.54, 1.807) is 26.5 Å². The number of aromatic nitrogens is 4. The fourth-order valence-electron chi connectivity index (χ4n) is 4.69. The van der Waals surface area contributed by atoms with Crippen LogP contribution < -0.4 is 20.1 Å². The second-order valence-corrected chi connectivity index (χ2v) is 9.40. The van der Waals surface area contributed by atoms with E-state index in [1.165, 1.54) is 5.56 Å². The van der Waals surface area contributed by atoms with E-state index in [9.17, 15) is 4.79 Å². The topological polar surface area (TPSA) is 158 Å². The number of nitrogens with two attached hydrogens (primary N) is 1. The lowest BCUT2D eigenvalue weighted by Crippen LogP contribution is -2.34. The van der Waals surface area contributed by atoms with E-state index in [2.05, 4.69) is 24.8 Å². The average Bonchev–Trinajstić information content (AvgIpc) is 3.58. The zero-order chi connectivity index (χ0) is 27.1. The first-order valence-corrected chi connectivity index (χ1v) is 12.7. The zero-order valence-corrected chi connectivity index (χ0v) is 22.1. The number of hydrogen-bond acceptors (Lipinski definition) is 10. The van der Waals surface area contributed by atoms with Crippen LogP contribution in [0.25, 0.3) is 11.0 Å². The number of primary amides is 1. The minimum absolute atomic E-state index is 0.121. The van der Waals surface area contributed by atoms with Crippen molar-refractivity contribution in [1.29, 1.82) is 0 Å². The molecular weight excluding hydrogens is 492 g/mol. The van der Waals surface area contributed by atoms with Crippen molar-refractivity contribution in [1.82, 2.24) is 19.9 Å². The van der Waals surface area contributed by atoms with Crippen molar-refractivity contribution in [2.45, 2.75) is 44.3 Å². The summed E-state index contributed by atoms with van der Waals surface area (Å²) >= 11 is 0. The van der Waals surface area contributed by atoms with E-state index >= 15 is 0 Å². The third-order valence-electron chi connectivity index (χ3n) is 6.60. The van der Waals surface area contributed by atoms with Gasteiger partial charge in [0.25, 0.3) is 5.91 Å². The molecule has 12 nitrogen and oxygen atoms in total. The number of piperidine rings is 1. The van der Waals surface area contributed by atoms with Crippen LogP contribution in [0.2, 0.25) is 0 Å². The molecule has 4 N–H and O–H groups in total. The third kappa shape index (κ3) is 6.69. The van der Waals surface area contributed by atoms with E-state index in [0.29, 0.717) is 24.9 Å². The SMILES string of the molecule is COCC(C)Oc1nc(C(N)=O)cc(N2CCC(c3c[nH]c4nccc(OC)c34)CC2)n1.OC1CCOC1. The van der Waals surface area contributed by atoms with Crippen molar-refractivity contribution in [2.24, 2.45) is 5.73 Å². The van der Waals surface area contributed by atoms with Gasteiger partial charge in [-0.05, 0) is 43.7 Å². The first kappa shape index (κ1) is 27.6. The molecule has 38 heavy (non-hydrogen) atoms. The number of hydrogen-bond donors (Lipinski definition) is 3. The van der Waals surface area contributed by atoms with E-state index in [-0.39, 0.29) is 23.9 Å². The number of aliphatic hydroxyl groups excluding tert-OH is 1. The van der Waals surface area contributed by atoms with E-state index < -0.39 is 5.91 Å². The van der Waals surface area contributed by atoms with Crippen molar-refractivity contribution >= 4 is 22.8 Å². The van der Waals surface area contributed by atoms with Crippen molar-refractivity contribution in [3.63, 3.8) is 0 Å². The maximum atomic E-state index is 11.8. The number of anilines is 1. The number of methoxy groups -OCH3 is 2. The van der Waals surface area contributed by atoms with Crippen LogP contribution in [0.1, 0.15) is 48.2 Å². The van der Waals surface area contributed by atoms with Gasteiger partial charge in [-0.15, -0.1) is 0 Å². The third-order valence-corrected chi connectivity index (χ3v) is 6.60. The Balaban J connectivity index is 0.000000494. The summed E-state index contributed by atoms with van der Waals surface area (Å²) in [5, 5.41) is 9.64. The Kier molecular flexibility index (Phi) is 9.32.